The third kappa shape index (κ3) is 2.79. The number of carbonyl (C=O) groups is 1. The lowest BCUT2D eigenvalue weighted by atomic mass is 10.2. The summed E-state index contributed by atoms with van der Waals surface area (Å²) in [7, 11) is 0. The van der Waals surface area contributed by atoms with Crippen LogP contribution in [0.3, 0.4) is 0 Å². The van der Waals surface area contributed by atoms with Crippen molar-refractivity contribution in [1.29, 1.82) is 0 Å². The molecule has 0 saturated heterocycles. The van der Waals surface area contributed by atoms with Gasteiger partial charge in [-0.25, -0.2) is 9.36 Å². The lowest BCUT2D eigenvalue weighted by Gasteiger charge is -2.06. The van der Waals surface area contributed by atoms with E-state index in [1.807, 2.05) is 30.3 Å². The van der Waals surface area contributed by atoms with Crippen LogP contribution in [0.2, 0.25) is 0 Å². The maximum atomic E-state index is 12.6. The summed E-state index contributed by atoms with van der Waals surface area (Å²) in [6, 6.07) is 16.4. The molecular weight excluding hydrogens is 334 g/mol. The van der Waals surface area contributed by atoms with Crippen molar-refractivity contribution in [3.8, 4) is 0 Å². The molecule has 0 bridgehead atoms. The van der Waals surface area contributed by atoms with Crippen molar-refractivity contribution in [2.75, 3.05) is 0 Å². The standard InChI is InChI=1S/C19H15N3O4/c23-15(20-10-12-6-2-1-3-7-12)11-22-18(24)17-16(21-19(22)25)13-8-4-5-9-14(13)26-17/h1-9H,10-11H2,(H,20,23)(H,21,25). The minimum atomic E-state index is -0.649. The number of aromatic amines is 1. The minimum absolute atomic E-state index is 0.0293. The van der Waals surface area contributed by atoms with E-state index in [4.69, 9.17) is 4.42 Å². The van der Waals surface area contributed by atoms with Crippen molar-refractivity contribution in [3.63, 3.8) is 0 Å². The largest absolute Gasteiger partial charge is 0.449 e. The second-order valence-corrected chi connectivity index (χ2v) is 5.89. The number of rotatable bonds is 4. The molecule has 0 unspecified atom stereocenters. The van der Waals surface area contributed by atoms with Gasteiger partial charge in [0.05, 0.1) is 0 Å². The molecule has 1 amide bonds. The lowest BCUT2D eigenvalue weighted by molar-refractivity contribution is -0.121. The van der Waals surface area contributed by atoms with Gasteiger partial charge in [0, 0.05) is 11.9 Å². The molecule has 0 saturated carbocycles. The molecule has 0 spiro atoms. The number of amides is 1. The van der Waals surface area contributed by atoms with Crippen LogP contribution >= 0.6 is 0 Å². The maximum absolute atomic E-state index is 12.6. The average Bonchev–Trinajstić information content (AvgIpc) is 3.03. The highest BCUT2D eigenvalue weighted by Crippen LogP contribution is 2.23. The molecule has 2 N–H and O–H groups in total. The molecule has 7 nitrogen and oxygen atoms in total. The first-order valence-electron chi connectivity index (χ1n) is 8.08. The number of furan rings is 1. The average molecular weight is 349 g/mol. The van der Waals surface area contributed by atoms with Gasteiger partial charge in [-0.05, 0) is 17.7 Å². The Balaban J connectivity index is 1.64. The second-order valence-electron chi connectivity index (χ2n) is 5.89. The molecule has 4 rings (SSSR count). The smallest absolute Gasteiger partial charge is 0.329 e. The predicted molar refractivity (Wildman–Crippen MR) is 96.9 cm³/mol. The van der Waals surface area contributed by atoms with Crippen LogP contribution in [-0.2, 0) is 17.9 Å². The topological polar surface area (TPSA) is 97.1 Å². The number of aromatic nitrogens is 2. The van der Waals surface area contributed by atoms with Crippen molar-refractivity contribution in [1.82, 2.24) is 14.9 Å². The van der Waals surface area contributed by atoms with Crippen molar-refractivity contribution < 1.29 is 9.21 Å². The lowest BCUT2D eigenvalue weighted by Crippen LogP contribution is -2.40. The van der Waals surface area contributed by atoms with Crippen LogP contribution < -0.4 is 16.6 Å². The third-order valence-corrected chi connectivity index (χ3v) is 4.15. The molecule has 0 atom stereocenters. The van der Waals surface area contributed by atoms with E-state index in [-0.39, 0.29) is 12.1 Å². The van der Waals surface area contributed by atoms with Gasteiger partial charge < -0.3 is 14.7 Å². The minimum Gasteiger partial charge on any atom is -0.449 e. The van der Waals surface area contributed by atoms with Gasteiger partial charge in [0.2, 0.25) is 11.5 Å². The number of nitrogens with one attached hydrogen (secondary N) is 2. The monoisotopic (exact) mass is 349 g/mol. The Morgan fingerprint density at radius 2 is 1.77 bits per heavy atom. The Bertz CT molecular complexity index is 1220. The normalized spacial score (nSPS) is 11.1. The molecule has 7 heteroatoms. The summed E-state index contributed by atoms with van der Waals surface area (Å²) < 4.78 is 6.39. The van der Waals surface area contributed by atoms with E-state index < -0.39 is 17.2 Å². The van der Waals surface area contributed by atoms with Crippen LogP contribution in [0.15, 0.2) is 68.6 Å². The highest BCUT2D eigenvalue weighted by molar-refractivity contribution is 6.01. The Morgan fingerprint density at radius 3 is 2.58 bits per heavy atom. The first-order chi connectivity index (χ1) is 12.6. The molecule has 0 fully saturated rings. The van der Waals surface area contributed by atoms with E-state index in [2.05, 4.69) is 10.3 Å². The van der Waals surface area contributed by atoms with Gasteiger partial charge in [-0.2, -0.15) is 0 Å². The number of para-hydroxylation sites is 1. The quantitative estimate of drug-likeness (QED) is 0.586. The van der Waals surface area contributed by atoms with Gasteiger partial charge in [0.1, 0.15) is 17.6 Å². The van der Waals surface area contributed by atoms with E-state index in [1.165, 1.54) is 0 Å². The summed E-state index contributed by atoms with van der Waals surface area (Å²) >= 11 is 0. The van der Waals surface area contributed by atoms with Gasteiger partial charge in [-0.1, -0.05) is 42.5 Å². The van der Waals surface area contributed by atoms with E-state index in [0.717, 1.165) is 10.1 Å². The Hall–Kier alpha value is -3.61. The number of hydrogen-bond acceptors (Lipinski definition) is 4. The molecule has 26 heavy (non-hydrogen) atoms. The van der Waals surface area contributed by atoms with E-state index in [9.17, 15) is 14.4 Å². The molecule has 2 aromatic carbocycles. The van der Waals surface area contributed by atoms with E-state index in [0.29, 0.717) is 23.0 Å². The molecular formula is C19H15N3O4. The van der Waals surface area contributed by atoms with Crippen LogP contribution in [-0.4, -0.2) is 15.5 Å². The van der Waals surface area contributed by atoms with Crippen LogP contribution in [0.4, 0.5) is 0 Å². The van der Waals surface area contributed by atoms with Gasteiger partial charge in [0.25, 0.3) is 5.56 Å². The second kappa shape index (κ2) is 6.36. The van der Waals surface area contributed by atoms with Crippen molar-refractivity contribution in [2.24, 2.45) is 0 Å². The zero-order chi connectivity index (χ0) is 18.1. The third-order valence-electron chi connectivity index (χ3n) is 4.15. The molecule has 0 aliphatic rings. The molecule has 4 aromatic rings. The van der Waals surface area contributed by atoms with Gasteiger partial charge in [-0.15, -0.1) is 0 Å². The van der Waals surface area contributed by atoms with Crippen molar-refractivity contribution in [2.45, 2.75) is 13.1 Å². The first kappa shape index (κ1) is 15.9. The zero-order valence-corrected chi connectivity index (χ0v) is 13.7. The maximum Gasteiger partial charge on any atom is 0.329 e. The fraction of sp³-hybridized carbons (Fsp3) is 0.105. The van der Waals surface area contributed by atoms with Crippen LogP contribution in [0, 0.1) is 0 Å². The summed E-state index contributed by atoms with van der Waals surface area (Å²) in [5.41, 5.74) is 0.522. The summed E-state index contributed by atoms with van der Waals surface area (Å²) in [6.07, 6.45) is 0. The Morgan fingerprint density at radius 1 is 1.04 bits per heavy atom. The highest BCUT2D eigenvalue weighted by Gasteiger charge is 2.16. The van der Waals surface area contributed by atoms with Crippen molar-refractivity contribution in [3.05, 3.63) is 81.0 Å². The first-order valence-corrected chi connectivity index (χ1v) is 8.08. The van der Waals surface area contributed by atoms with E-state index >= 15 is 0 Å². The van der Waals surface area contributed by atoms with Crippen LogP contribution in [0.5, 0.6) is 0 Å². The Kier molecular flexibility index (Phi) is 3.89. The van der Waals surface area contributed by atoms with Gasteiger partial charge in [-0.3, -0.25) is 9.59 Å². The number of fused-ring (bicyclic) bond motifs is 3. The number of nitrogens with zero attached hydrogens (tertiary/aromatic N) is 1. The number of H-pyrrole nitrogens is 1. The predicted octanol–water partition coefficient (Wildman–Crippen LogP) is 1.75. The molecule has 2 heterocycles. The highest BCUT2D eigenvalue weighted by atomic mass is 16.3. The van der Waals surface area contributed by atoms with Gasteiger partial charge >= 0.3 is 5.69 Å². The molecule has 2 aromatic heterocycles. The molecule has 0 aliphatic carbocycles. The fourth-order valence-electron chi connectivity index (χ4n) is 2.85. The number of hydrogen-bond donors (Lipinski definition) is 2. The van der Waals surface area contributed by atoms with Crippen molar-refractivity contribution >= 4 is 28.0 Å². The molecule has 130 valence electrons. The van der Waals surface area contributed by atoms with E-state index in [1.54, 1.807) is 24.3 Å². The SMILES string of the molecule is O=C(Cn1c(=O)[nH]c2c(oc3ccccc32)c1=O)NCc1ccccc1. The summed E-state index contributed by atoms with van der Waals surface area (Å²) in [5, 5.41) is 3.34. The summed E-state index contributed by atoms with van der Waals surface area (Å²) in [4.78, 5) is 39.7. The van der Waals surface area contributed by atoms with Crippen LogP contribution in [0.25, 0.3) is 22.1 Å². The van der Waals surface area contributed by atoms with Crippen LogP contribution in [0.1, 0.15) is 5.56 Å². The number of carbonyl (C=O) groups excluding carboxylic acids is 1. The molecule has 0 aliphatic heterocycles. The molecule has 0 radical (unpaired) electrons. The van der Waals surface area contributed by atoms with Gasteiger partial charge in [0.15, 0.2) is 0 Å². The zero-order valence-electron chi connectivity index (χ0n) is 13.7. The number of benzene rings is 2. The summed E-state index contributed by atoms with van der Waals surface area (Å²) in [6.45, 7) is -0.0623. The fourth-order valence-corrected chi connectivity index (χ4v) is 2.85. The Labute approximate surface area is 146 Å². The summed E-state index contributed by atoms with van der Waals surface area (Å²) in [5.74, 6) is -0.433.